The summed E-state index contributed by atoms with van der Waals surface area (Å²) in [5.74, 6) is 0.557. The molecule has 0 radical (unpaired) electrons. The van der Waals surface area contributed by atoms with Crippen molar-refractivity contribution in [2.45, 2.75) is 52.2 Å². The summed E-state index contributed by atoms with van der Waals surface area (Å²) in [7, 11) is 0. The fraction of sp³-hybridized carbons (Fsp3) is 0.310. The largest absolute Gasteiger partial charge is 0.493 e. The highest BCUT2D eigenvalue weighted by atomic mass is 16.5. The number of aryl methyl sites for hydroxylation is 1. The molecule has 3 aromatic rings. The molecule has 0 spiro atoms. The van der Waals surface area contributed by atoms with Crippen LogP contribution in [0.4, 0.5) is 0 Å². The second kappa shape index (κ2) is 11.6. The molecule has 1 N–H and O–H groups in total. The number of benzene rings is 3. The summed E-state index contributed by atoms with van der Waals surface area (Å²) in [6, 6.07) is 21.8. The van der Waals surface area contributed by atoms with Crippen LogP contribution in [-0.4, -0.2) is 35.2 Å². The molecule has 0 aromatic heterocycles. The van der Waals surface area contributed by atoms with Crippen LogP contribution in [0.25, 0.3) is 0 Å². The zero-order valence-corrected chi connectivity index (χ0v) is 20.6. The number of rotatable bonds is 12. The van der Waals surface area contributed by atoms with Crippen LogP contribution in [0.2, 0.25) is 0 Å². The van der Waals surface area contributed by atoms with E-state index in [0.29, 0.717) is 41.4 Å². The lowest BCUT2D eigenvalue weighted by Crippen LogP contribution is -2.37. The average molecular weight is 477 g/mol. The molecule has 0 saturated carbocycles. The van der Waals surface area contributed by atoms with Gasteiger partial charge in [0.25, 0.3) is 0 Å². The number of carbonyl (C=O) groups is 2. The first-order valence-corrected chi connectivity index (χ1v) is 11.7. The molecular formula is C29H32O6. The van der Waals surface area contributed by atoms with Gasteiger partial charge in [-0.1, -0.05) is 43.3 Å². The molecule has 3 rings (SSSR count). The Morgan fingerprint density at radius 3 is 2.23 bits per heavy atom. The maximum atomic E-state index is 13.1. The Labute approximate surface area is 206 Å². The Balaban J connectivity index is 1.58. The minimum atomic E-state index is -1.31. The maximum Gasteiger partial charge on any atom is 0.347 e. The highest BCUT2D eigenvalue weighted by molar-refractivity contribution is 6.10. The van der Waals surface area contributed by atoms with E-state index < -0.39 is 11.6 Å². The van der Waals surface area contributed by atoms with E-state index in [0.717, 1.165) is 12.0 Å². The maximum absolute atomic E-state index is 13.1. The molecule has 6 heteroatoms. The van der Waals surface area contributed by atoms with Gasteiger partial charge >= 0.3 is 5.97 Å². The Kier molecular flexibility index (Phi) is 8.53. The number of hydrogen-bond donors (Lipinski definition) is 1. The van der Waals surface area contributed by atoms with Gasteiger partial charge < -0.3 is 19.3 Å². The molecule has 0 aliphatic carbocycles. The molecule has 0 fully saturated rings. The molecule has 0 aliphatic rings. The van der Waals surface area contributed by atoms with Crippen LogP contribution in [0.5, 0.6) is 17.2 Å². The minimum absolute atomic E-state index is 0.0623. The number of ether oxygens (including phenoxy) is 3. The quantitative estimate of drug-likeness (QED) is 0.325. The molecule has 3 aromatic carbocycles. The summed E-state index contributed by atoms with van der Waals surface area (Å²) < 4.78 is 17.5. The molecule has 184 valence electrons. The van der Waals surface area contributed by atoms with Crippen molar-refractivity contribution < 1.29 is 28.9 Å². The van der Waals surface area contributed by atoms with Gasteiger partial charge in [-0.25, -0.2) is 4.79 Å². The third-order valence-electron chi connectivity index (χ3n) is 5.57. The van der Waals surface area contributed by atoms with Crippen LogP contribution in [0, 0.1) is 0 Å². The van der Waals surface area contributed by atoms with Gasteiger partial charge in [-0.15, -0.1) is 0 Å². The number of aliphatic carboxylic acids is 1. The van der Waals surface area contributed by atoms with Crippen molar-refractivity contribution in [1.29, 1.82) is 0 Å². The molecule has 35 heavy (non-hydrogen) atoms. The van der Waals surface area contributed by atoms with Crippen molar-refractivity contribution >= 4 is 11.8 Å². The van der Waals surface area contributed by atoms with Crippen molar-refractivity contribution in [3.63, 3.8) is 0 Å². The predicted molar refractivity (Wildman–Crippen MR) is 135 cm³/mol. The van der Waals surface area contributed by atoms with E-state index in [1.165, 1.54) is 13.8 Å². The second-order valence-corrected chi connectivity index (χ2v) is 8.83. The van der Waals surface area contributed by atoms with E-state index in [9.17, 15) is 14.7 Å². The molecule has 0 heterocycles. The van der Waals surface area contributed by atoms with Gasteiger partial charge in [0.05, 0.1) is 18.3 Å². The number of hydrogen-bond acceptors (Lipinski definition) is 5. The fourth-order valence-electron chi connectivity index (χ4n) is 3.38. The van der Waals surface area contributed by atoms with Crippen molar-refractivity contribution in [2.24, 2.45) is 0 Å². The molecule has 6 nitrogen and oxygen atoms in total. The zero-order valence-electron chi connectivity index (χ0n) is 20.6. The average Bonchev–Trinajstić information content (AvgIpc) is 2.85. The van der Waals surface area contributed by atoms with E-state index in [1.807, 2.05) is 43.3 Å². The van der Waals surface area contributed by atoms with Crippen LogP contribution in [0.1, 0.15) is 55.6 Å². The topological polar surface area (TPSA) is 82.1 Å². The Morgan fingerprint density at radius 1 is 0.943 bits per heavy atom. The Hall–Kier alpha value is -3.80. The smallest absolute Gasteiger partial charge is 0.347 e. The van der Waals surface area contributed by atoms with Crippen LogP contribution < -0.4 is 14.2 Å². The Bertz CT molecular complexity index is 1140. The first-order chi connectivity index (χ1) is 16.7. The van der Waals surface area contributed by atoms with Gasteiger partial charge in [-0.2, -0.15) is 0 Å². The van der Waals surface area contributed by atoms with Crippen LogP contribution in [-0.2, 0) is 11.2 Å². The second-order valence-electron chi connectivity index (χ2n) is 8.83. The van der Waals surface area contributed by atoms with E-state index in [-0.39, 0.29) is 11.9 Å². The van der Waals surface area contributed by atoms with E-state index in [2.05, 4.69) is 6.92 Å². The fourth-order valence-corrected chi connectivity index (χ4v) is 3.38. The highest BCUT2D eigenvalue weighted by Crippen LogP contribution is 2.26. The lowest BCUT2D eigenvalue weighted by atomic mass is 9.99. The molecule has 0 amide bonds. The summed E-state index contributed by atoms with van der Waals surface area (Å²) in [6.07, 6.45) is 1.26. The molecule has 0 saturated heterocycles. The monoisotopic (exact) mass is 476 g/mol. The lowest BCUT2D eigenvalue weighted by molar-refractivity contribution is -0.152. The van der Waals surface area contributed by atoms with E-state index in [1.54, 1.807) is 36.4 Å². The van der Waals surface area contributed by atoms with Crippen molar-refractivity contribution in [3.05, 3.63) is 89.5 Å². The first-order valence-electron chi connectivity index (χ1n) is 11.7. The van der Waals surface area contributed by atoms with Crippen LogP contribution >= 0.6 is 0 Å². The van der Waals surface area contributed by atoms with Gasteiger partial charge in [0.15, 0.2) is 11.4 Å². The van der Waals surface area contributed by atoms with Gasteiger partial charge in [-0.3, -0.25) is 4.79 Å². The minimum Gasteiger partial charge on any atom is -0.493 e. The summed E-state index contributed by atoms with van der Waals surface area (Å²) in [5, 5.41) is 9.18. The Morgan fingerprint density at radius 2 is 1.60 bits per heavy atom. The molecule has 1 unspecified atom stereocenters. The summed E-state index contributed by atoms with van der Waals surface area (Å²) in [6.45, 7) is 7.40. The number of ketones is 1. The van der Waals surface area contributed by atoms with Crippen molar-refractivity contribution in [2.75, 3.05) is 6.61 Å². The normalized spacial score (nSPS) is 12.0. The van der Waals surface area contributed by atoms with Gasteiger partial charge in [0, 0.05) is 12.0 Å². The molecule has 0 aliphatic heterocycles. The predicted octanol–water partition coefficient (Wildman–Crippen LogP) is 5.96. The molecule has 1 atom stereocenters. The van der Waals surface area contributed by atoms with Gasteiger partial charge in [0.2, 0.25) is 0 Å². The molecular weight excluding hydrogens is 444 g/mol. The van der Waals surface area contributed by atoms with Gasteiger partial charge in [0.1, 0.15) is 17.2 Å². The van der Waals surface area contributed by atoms with Gasteiger partial charge in [-0.05, 0) is 69.2 Å². The highest BCUT2D eigenvalue weighted by Gasteiger charge is 2.29. The van der Waals surface area contributed by atoms with Crippen LogP contribution in [0.3, 0.4) is 0 Å². The zero-order chi connectivity index (χ0) is 25.4. The first kappa shape index (κ1) is 25.8. The lowest BCUT2D eigenvalue weighted by Gasteiger charge is -2.21. The number of carbonyl (C=O) groups excluding carboxylic acids is 1. The summed E-state index contributed by atoms with van der Waals surface area (Å²) in [5.41, 5.74) is 0.946. The summed E-state index contributed by atoms with van der Waals surface area (Å²) >= 11 is 0. The van der Waals surface area contributed by atoms with Crippen molar-refractivity contribution in [1.82, 2.24) is 0 Å². The van der Waals surface area contributed by atoms with Crippen LogP contribution in [0.15, 0.2) is 72.8 Å². The standard InChI is InChI=1S/C29H32O6/c1-5-21-11-16-26(25(19-21)27(30)22-9-7-6-8-10-22)34-20(2)17-18-33-23-12-14-24(15-13-23)35-29(3,4)28(31)32/h6-16,19-20H,5,17-18H2,1-4H3,(H,31,32). The van der Waals surface area contributed by atoms with Crippen molar-refractivity contribution in [3.8, 4) is 17.2 Å². The van der Waals surface area contributed by atoms with E-state index >= 15 is 0 Å². The third kappa shape index (κ3) is 7.09. The third-order valence-corrected chi connectivity index (χ3v) is 5.57. The SMILES string of the molecule is CCc1ccc(OC(C)CCOc2ccc(OC(C)(C)C(=O)O)cc2)c(C(=O)c2ccccc2)c1. The summed E-state index contributed by atoms with van der Waals surface area (Å²) in [4.78, 5) is 24.3. The number of carboxylic acid groups (broad SMARTS) is 1. The molecule has 0 bridgehead atoms. The number of carboxylic acids is 1. The van der Waals surface area contributed by atoms with E-state index in [4.69, 9.17) is 14.2 Å².